The molecule has 5 rings (SSSR count). The van der Waals surface area contributed by atoms with Gasteiger partial charge in [0.05, 0.1) is 19.9 Å². The van der Waals surface area contributed by atoms with Gasteiger partial charge in [-0.15, -0.1) is 0 Å². The van der Waals surface area contributed by atoms with Crippen molar-refractivity contribution in [1.82, 2.24) is 4.98 Å². The second-order valence-electron chi connectivity index (χ2n) is 8.60. The Hall–Kier alpha value is -3.93. The molecule has 0 saturated heterocycles. The predicted octanol–water partition coefficient (Wildman–Crippen LogP) is 5.02. The topological polar surface area (TPSA) is 68.7 Å². The number of Topliss-reactive ketones (excluding diaryl/α,β-unsaturated/α-hetero) is 1. The van der Waals surface area contributed by atoms with Gasteiger partial charge >= 0.3 is 0 Å². The second kappa shape index (κ2) is 9.14. The summed E-state index contributed by atoms with van der Waals surface area (Å²) in [6.07, 6.45) is 4.61. The van der Waals surface area contributed by atoms with Gasteiger partial charge in [0, 0.05) is 48.5 Å². The third-order valence-corrected chi connectivity index (χ3v) is 6.74. The molecular formula is C28H26N2O4. The number of aromatic nitrogens is 1. The van der Waals surface area contributed by atoms with Crippen LogP contribution in [0.15, 0.2) is 84.3 Å². The first-order valence-electron chi connectivity index (χ1n) is 11.4. The maximum Gasteiger partial charge on any atom is 0.232 e. The molecule has 1 aromatic heterocycles. The minimum absolute atomic E-state index is 0.00413. The third-order valence-electron chi connectivity index (χ3n) is 6.74. The number of pyridine rings is 1. The lowest BCUT2D eigenvalue weighted by Crippen LogP contribution is -2.42. The first-order chi connectivity index (χ1) is 16.6. The van der Waals surface area contributed by atoms with Crippen molar-refractivity contribution in [3.63, 3.8) is 0 Å². The Morgan fingerprint density at radius 3 is 2.32 bits per heavy atom. The molecule has 34 heavy (non-hydrogen) atoms. The Balaban J connectivity index is 1.69. The number of amides is 1. The van der Waals surface area contributed by atoms with Crippen LogP contribution in [0.2, 0.25) is 0 Å². The van der Waals surface area contributed by atoms with E-state index in [0.29, 0.717) is 35.6 Å². The van der Waals surface area contributed by atoms with Crippen molar-refractivity contribution < 1.29 is 19.1 Å². The molecule has 6 heteroatoms. The Morgan fingerprint density at radius 1 is 0.853 bits per heavy atom. The number of rotatable bonds is 5. The fraction of sp³-hybridized carbons (Fsp3) is 0.250. The van der Waals surface area contributed by atoms with Crippen molar-refractivity contribution in [3.05, 3.63) is 95.5 Å². The van der Waals surface area contributed by atoms with E-state index >= 15 is 0 Å². The molecule has 1 amide bonds. The highest BCUT2D eigenvalue weighted by Crippen LogP contribution is 2.48. The van der Waals surface area contributed by atoms with Gasteiger partial charge in [-0.3, -0.25) is 19.5 Å². The summed E-state index contributed by atoms with van der Waals surface area (Å²) in [5, 5.41) is 0. The molecule has 172 valence electrons. The first-order valence-corrected chi connectivity index (χ1v) is 11.4. The lowest BCUT2D eigenvalue weighted by molar-refractivity contribution is -0.120. The fourth-order valence-electron chi connectivity index (χ4n) is 5.13. The zero-order valence-corrected chi connectivity index (χ0v) is 19.2. The molecular weight excluding hydrogens is 428 g/mol. The fourth-order valence-corrected chi connectivity index (χ4v) is 5.13. The van der Waals surface area contributed by atoms with E-state index in [1.165, 1.54) is 0 Å². The van der Waals surface area contributed by atoms with E-state index < -0.39 is 0 Å². The van der Waals surface area contributed by atoms with Gasteiger partial charge in [0.1, 0.15) is 11.5 Å². The molecule has 0 bridgehead atoms. The van der Waals surface area contributed by atoms with E-state index in [1.54, 1.807) is 49.7 Å². The summed E-state index contributed by atoms with van der Waals surface area (Å²) < 4.78 is 11.0. The zero-order valence-electron chi connectivity index (χ0n) is 19.2. The molecule has 0 spiro atoms. The molecule has 0 N–H and O–H groups in total. The highest BCUT2D eigenvalue weighted by molar-refractivity contribution is 6.08. The molecule has 0 fully saturated rings. The van der Waals surface area contributed by atoms with Crippen molar-refractivity contribution >= 4 is 17.4 Å². The minimum Gasteiger partial charge on any atom is -0.497 e. The van der Waals surface area contributed by atoms with Crippen molar-refractivity contribution in [2.45, 2.75) is 31.1 Å². The minimum atomic E-state index is -0.289. The number of nitrogens with zero attached hydrogens (tertiary/aromatic N) is 2. The summed E-state index contributed by atoms with van der Waals surface area (Å²) in [6.45, 7) is 0. The highest BCUT2D eigenvalue weighted by Gasteiger charge is 2.43. The molecule has 0 saturated carbocycles. The molecule has 1 aliphatic carbocycles. The molecule has 2 aromatic carbocycles. The number of allylic oxidation sites excluding steroid dienone is 2. The monoisotopic (exact) mass is 454 g/mol. The van der Waals surface area contributed by atoms with Crippen LogP contribution in [0.4, 0.5) is 5.69 Å². The van der Waals surface area contributed by atoms with Gasteiger partial charge in [0.15, 0.2) is 5.78 Å². The van der Waals surface area contributed by atoms with Crippen molar-refractivity contribution in [2.75, 3.05) is 19.1 Å². The quantitative estimate of drug-likeness (QED) is 0.542. The van der Waals surface area contributed by atoms with E-state index in [9.17, 15) is 9.59 Å². The maximum atomic E-state index is 13.7. The number of hydrogen-bond donors (Lipinski definition) is 0. The van der Waals surface area contributed by atoms with Gasteiger partial charge in [-0.1, -0.05) is 30.3 Å². The molecule has 0 radical (unpaired) electrons. The molecule has 3 aromatic rings. The zero-order chi connectivity index (χ0) is 23.7. The van der Waals surface area contributed by atoms with Gasteiger partial charge in [-0.05, 0) is 47.7 Å². The van der Waals surface area contributed by atoms with Gasteiger partial charge in [-0.2, -0.15) is 0 Å². The number of carbonyl (C=O) groups excluding carboxylic acids is 2. The van der Waals surface area contributed by atoms with Crippen LogP contribution in [0.5, 0.6) is 11.5 Å². The highest BCUT2D eigenvalue weighted by atomic mass is 16.5. The largest absolute Gasteiger partial charge is 0.497 e. The Kier molecular flexibility index (Phi) is 5.88. The summed E-state index contributed by atoms with van der Waals surface area (Å²) in [5.74, 6) is 0.879. The van der Waals surface area contributed by atoms with E-state index in [-0.39, 0.29) is 29.9 Å². The molecule has 6 nitrogen and oxygen atoms in total. The van der Waals surface area contributed by atoms with E-state index in [4.69, 9.17) is 9.47 Å². The third kappa shape index (κ3) is 3.85. The van der Waals surface area contributed by atoms with Crippen molar-refractivity contribution in [1.29, 1.82) is 0 Å². The predicted molar refractivity (Wildman–Crippen MR) is 129 cm³/mol. The van der Waals surface area contributed by atoms with Gasteiger partial charge in [-0.25, -0.2) is 0 Å². The standard InChI is InChI=1S/C28H26N2O4/c1-33-21-8-9-26(34-2)23(16-21)30-24-14-20(18-6-4-3-5-7-18)15-25(31)28(24)22(17-27(30)32)19-10-12-29-13-11-19/h3-13,16,20,22H,14-15,17H2,1-2H3. The maximum absolute atomic E-state index is 13.7. The summed E-state index contributed by atoms with van der Waals surface area (Å²) >= 11 is 0. The van der Waals surface area contributed by atoms with Crippen LogP contribution in [0.1, 0.15) is 42.2 Å². The number of methoxy groups -OCH3 is 2. The Morgan fingerprint density at radius 2 is 1.62 bits per heavy atom. The van der Waals surface area contributed by atoms with Crippen LogP contribution >= 0.6 is 0 Å². The van der Waals surface area contributed by atoms with Crippen molar-refractivity contribution in [3.8, 4) is 11.5 Å². The number of anilines is 1. The Labute approximate surface area is 198 Å². The van der Waals surface area contributed by atoms with Crippen LogP contribution in [-0.4, -0.2) is 30.9 Å². The summed E-state index contributed by atoms with van der Waals surface area (Å²) in [7, 11) is 3.16. The Bertz CT molecular complexity index is 1250. The normalized spacial score (nSPS) is 20.2. The SMILES string of the molecule is COc1ccc(OC)c(N2C(=O)CC(c3ccncc3)C3=C2CC(c2ccccc2)CC3=O)c1. The van der Waals surface area contributed by atoms with Crippen LogP contribution in [0.25, 0.3) is 0 Å². The smallest absolute Gasteiger partial charge is 0.232 e. The number of benzene rings is 2. The lowest BCUT2D eigenvalue weighted by atomic mass is 9.73. The number of carbonyl (C=O) groups is 2. The van der Waals surface area contributed by atoms with Crippen LogP contribution in [0, 0.1) is 0 Å². The van der Waals surface area contributed by atoms with Gasteiger partial charge in [0.25, 0.3) is 0 Å². The molecule has 1 aliphatic heterocycles. The molecule has 2 unspecified atom stereocenters. The van der Waals surface area contributed by atoms with Crippen molar-refractivity contribution in [2.24, 2.45) is 0 Å². The lowest BCUT2D eigenvalue weighted by Gasteiger charge is -2.40. The van der Waals surface area contributed by atoms with E-state index in [1.807, 2.05) is 42.5 Å². The number of ketones is 1. The second-order valence-corrected chi connectivity index (χ2v) is 8.60. The molecule has 2 atom stereocenters. The summed E-state index contributed by atoms with van der Waals surface area (Å²) in [5.41, 5.74) is 4.07. The van der Waals surface area contributed by atoms with Crippen LogP contribution in [-0.2, 0) is 9.59 Å². The van der Waals surface area contributed by atoms with E-state index in [2.05, 4.69) is 4.98 Å². The number of ether oxygens (including phenoxy) is 2. The van der Waals surface area contributed by atoms with Gasteiger partial charge < -0.3 is 9.47 Å². The first kappa shape index (κ1) is 21.9. The van der Waals surface area contributed by atoms with Crippen LogP contribution < -0.4 is 14.4 Å². The molecule has 2 heterocycles. The average molecular weight is 455 g/mol. The summed E-state index contributed by atoms with van der Waals surface area (Å²) in [4.78, 5) is 33.2. The number of hydrogen-bond acceptors (Lipinski definition) is 5. The summed E-state index contributed by atoms with van der Waals surface area (Å²) in [6, 6.07) is 19.2. The average Bonchev–Trinajstić information content (AvgIpc) is 2.88. The van der Waals surface area contributed by atoms with Crippen LogP contribution in [0.3, 0.4) is 0 Å². The van der Waals surface area contributed by atoms with E-state index in [0.717, 1.165) is 16.8 Å². The molecule has 2 aliphatic rings. The van der Waals surface area contributed by atoms with Gasteiger partial charge in [0.2, 0.25) is 5.91 Å².